The molecule has 0 saturated carbocycles. The molecule has 3 rings (SSSR count). The maximum Gasteiger partial charge on any atom is 0.203 e. The second kappa shape index (κ2) is 4.86. The first kappa shape index (κ1) is 14.1. The van der Waals surface area contributed by atoms with Crippen LogP contribution >= 0.6 is 0 Å². The topological polar surface area (TPSA) is 29.9 Å². The predicted octanol–water partition coefficient (Wildman–Crippen LogP) is 4.19. The Balaban J connectivity index is 1.87. The molecule has 2 aromatic rings. The summed E-state index contributed by atoms with van der Waals surface area (Å²) in [6.07, 6.45) is 3.06. The summed E-state index contributed by atoms with van der Waals surface area (Å²) in [6, 6.07) is 5.60. The molecule has 21 heavy (non-hydrogen) atoms. The number of aromatic nitrogens is 2. The van der Waals surface area contributed by atoms with Crippen LogP contribution in [0.5, 0.6) is 0 Å². The minimum absolute atomic E-state index is 0.0392. The number of rotatable bonds is 1. The van der Waals surface area contributed by atoms with E-state index in [9.17, 15) is 4.39 Å². The fourth-order valence-electron chi connectivity index (χ4n) is 2.63. The summed E-state index contributed by atoms with van der Waals surface area (Å²) in [5.41, 5.74) is 2.80. The number of anilines is 1. The molecule has 112 valence electrons. The maximum atomic E-state index is 13.7. The SMILES string of the molecule is Cc1ccc(C2CCn3cc(C(C)(C)C)nc3N2)cc1F. The first-order chi connectivity index (χ1) is 9.84. The van der Waals surface area contributed by atoms with E-state index in [0.717, 1.165) is 30.2 Å². The Morgan fingerprint density at radius 2 is 2.10 bits per heavy atom. The van der Waals surface area contributed by atoms with Gasteiger partial charge >= 0.3 is 0 Å². The Kier molecular flexibility index (Phi) is 3.27. The highest BCUT2D eigenvalue weighted by atomic mass is 19.1. The van der Waals surface area contributed by atoms with E-state index in [2.05, 4.69) is 36.9 Å². The molecule has 1 aliphatic rings. The molecule has 0 fully saturated rings. The molecule has 1 unspecified atom stereocenters. The van der Waals surface area contributed by atoms with E-state index in [1.54, 1.807) is 13.0 Å². The normalized spacial score (nSPS) is 18.2. The van der Waals surface area contributed by atoms with Crippen LogP contribution in [0.25, 0.3) is 0 Å². The molecule has 0 amide bonds. The van der Waals surface area contributed by atoms with Crippen molar-refractivity contribution in [1.29, 1.82) is 0 Å². The maximum absolute atomic E-state index is 13.7. The number of aryl methyl sites for hydroxylation is 2. The zero-order valence-corrected chi connectivity index (χ0v) is 13.1. The highest BCUT2D eigenvalue weighted by Crippen LogP contribution is 2.31. The molecule has 2 heterocycles. The van der Waals surface area contributed by atoms with Crippen LogP contribution in [0.1, 0.15) is 50.1 Å². The third-order valence-corrected chi connectivity index (χ3v) is 4.11. The minimum Gasteiger partial charge on any atom is -0.349 e. The zero-order valence-electron chi connectivity index (χ0n) is 13.1. The lowest BCUT2D eigenvalue weighted by molar-refractivity contribution is 0.536. The second-order valence-electron chi connectivity index (χ2n) is 6.89. The molecule has 0 aliphatic carbocycles. The number of fused-ring (bicyclic) bond motifs is 1. The molecular formula is C17H22FN3. The van der Waals surface area contributed by atoms with Crippen LogP contribution in [-0.2, 0) is 12.0 Å². The Morgan fingerprint density at radius 3 is 2.76 bits per heavy atom. The van der Waals surface area contributed by atoms with Crippen molar-refractivity contribution in [3.63, 3.8) is 0 Å². The van der Waals surface area contributed by atoms with Gasteiger partial charge in [-0.25, -0.2) is 9.37 Å². The van der Waals surface area contributed by atoms with E-state index in [4.69, 9.17) is 4.98 Å². The van der Waals surface area contributed by atoms with E-state index in [1.807, 2.05) is 12.1 Å². The summed E-state index contributed by atoms with van der Waals surface area (Å²) < 4.78 is 15.9. The zero-order chi connectivity index (χ0) is 15.2. The van der Waals surface area contributed by atoms with Gasteiger partial charge in [0.15, 0.2) is 0 Å². The largest absolute Gasteiger partial charge is 0.349 e. The summed E-state index contributed by atoms with van der Waals surface area (Å²) in [5.74, 6) is 0.746. The van der Waals surface area contributed by atoms with E-state index in [0.29, 0.717) is 5.56 Å². The average Bonchev–Trinajstić information content (AvgIpc) is 2.85. The lowest BCUT2D eigenvalue weighted by Gasteiger charge is -2.26. The summed E-state index contributed by atoms with van der Waals surface area (Å²) in [7, 11) is 0. The molecule has 1 aromatic carbocycles. The van der Waals surface area contributed by atoms with Crippen LogP contribution in [-0.4, -0.2) is 9.55 Å². The van der Waals surface area contributed by atoms with Crippen molar-refractivity contribution in [1.82, 2.24) is 9.55 Å². The van der Waals surface area contributed by atoms with Gasteiger partial charge in [-0.15, -0.1) is 0 Å². The predicted molar refractivity (Wildman–Crippen MR) is 83.0 cm³/mol. The molecule has 3 nitrogen and oxygen atoms in total. The third kappa shape index (κ3) is 2.67. The molecule has 1 N–H and O–H groups in total. The van der Waals surface area contributed by atoms with E-state index in [1.165, 1.54) is 0 Å². The van der Waals surface area contributed by atoms with Gasteiger partial charge in [-0.05, 0) is 30.5 Å². The van der Waals surface area contributed by atoms with Gasteiger partial charge in [0.25, 0.3) is 0 Å². The molecule has 4 heteroatoms. The minimum atomic E-state index is -0.140. The van der Waals surface area contributed by atoms with Crippen molar-refractivity contribution in [2.75, 3.05) is 5.32 Å². The molecule has 1 aliphatic heterocycles. The molecule has 0 radical (unpaired) electrons. The van der Waals surface area contributed by atoms with Crippen LogP contribution in [0.3, 0.4) is 0 Å². The van der Waals surface area contributed by atoms with Gasteiger partial charge in [0.1, 0.15) is 5.82 Å². The second-order valence-corrected chi connectivity index (χ2v) is 6.89. The molecular weight excluding hydrogens is 265 g/mol. The van der Waals surface area contributed by atoms with Gasteiger partial charge in [0.05, 0.1) is 11.7 Å². The fourth-order valence-corrected chi connectivity index (χ4v) is 2.63. The first-order valence-electron chi connectivity index (χ1n) is 7.45. The average molecular weight is 287 g/mol. The van der Waals surface area contributed by atoms with Gasteiger partial charge in [0, 0.05) is 18.2 Å². The Bertz CT molecular complexity index is 667. The van der Waals surface area contributed by atoms with Gasteiger partial charge < -0.3 is 9.88 Å². The van der Waals surface area contributed by atoms with Crippen LogP contribution < -0.4 is 5.32 Å². The number of imidazole rings is 1. The number of nitrogens with zero attached hydrogens (tertiary/aromatic N) is 2. The number of benzene rings is 1. The summed E-state index contributed by atoms with van der Waals surface area (Å²) >= 11 is 0. The molecule has 0 spiro atoms. The number of halogens is 1. The summed E-state index contributed by atoms with van der Waals surface area (Å²) in [5, 5.41) is 3.44. The number of hydrogen-bond donors (Lipinski definition) is 1. The lowest BCUT2D eigenvalue weighted by Crippen LogP contribution is -2.22. The van der Waals surface area contributed by atoms with Gasteiger partial charge in [-0.3, -0.25) is 0 Å². The van der Waals surface area contributed by atoms with E-state index >= 15 is 0 Å². The van der Waals surface area contributed by atoms with Crippen LogP contribution in [0.15, 0.2) is 24.4 Å². The van der Waals surface area contributed by atoms with Crippen LogP contribution in [0.4, 0.5) is 10.3 Å². The monoisotopic (exact) mass is 287 g/mol. The highest BCUT2D eigenvalue weighted by molar-refractivity contribution is 5.39. The van der Waals surface area contributed by atoms with E-state index < -0.39 is 0 Å². The smallest absolute Gasteiger partial charge is 0.203 e. The van der Waals surface area contributed by atoms with E-state index in [-0.39, 0.29) is 17.3 Å². The van der Waals surface area contributed by atoms with Crippen molar-refractivity contribution in [3.8, 4) is 0 Å². The Labute approximate surface area is 125 Å². The molecule has 0 saturated heterocycles. The Hall–Kier alpha value is -1.84. The first-order valence-corrected chi connectivity index (χ1v) is 7.45. The number of hydrogen-bond acceptors (Lipinski definition) is 2. The molecule has 1 aromatic heterocycles. The van der Waals surface area contributed by atoms with Crippen molar-refractivity contribution in [3.05, 3.63) is 47.0 Å². The van der Waals surface area contributed by atoms with Gasteiger partial charge in [0.2, 0.25) is 5.95 Å². The standard InChI is InChI=1S/C17H22FN3/c1-11-5-6-12(9-13(11)18)14-7-8-21-10-15(17(2,3)4)20-16(21)19-14/h5-6,9-10,14H,7-8H2,1-4H3,(H,19,20). The van der Waals surface area contributed by atoms with Crippen LogP contribution in [0.2, 0.25) is 0 Å². The highest BCUT2D eigenvalue weighted by Gasteiger charge is 2.25. The fraction of sp³-hybridized carbons (Fsp3) is 0.471. The quantitative estimate of drug-likeness (QED) is 0.852. The van der Waals surface area contributed by atoms with Crippen molar-refractivity contribution < 1.29 is 4.39 Å². The van der Waals surface area contributed by atoms with Crippen molar-refractivity contribution >= 4 is 5.95 Å². The van der Waals surface area contributed by atoms with Gasteiger partial charge in [-0.1, -0.05) is 32.9 Å². The number of nitrogens with one attached hydrogen (secondary N) is 1. The summed E-state index contributed by atoms with van der Waals surface area (Å²) in [4.78, 5) is 4.70. The summed E-state index contributed by atoms with van der Waals surface area (Å²) in [6.45, 7) is 9.18. The molecule has 1 atom stereocenters. The lowest BCUT2D eigenvalue weighted by atomic mass is 9.93. The Morgan fingerprint density at radius 1 is 1.33 bits per heavy atom. The van der Waals surface area contributed by atoms with Crippen molar-refractivity contribution in [2.24, 2.45) is 0 Å². The molecule has 0 bridgehead atoms. The van der Waals surface area contributed by atoms with Gasteiger partial charge in [-0.2, -0.15) is 0 Å². The van der Waals surface area contributed by atoms with Crippen LogP contribution in [0, 0.1) is 12.7 Å². The van der Waals surface area contributed by atoms with Crippen molar-refractivity contribution in [2.45, 2.75) is 52.1 Å². The third-order valence-electron chi connectivity index (χ3n) is 4.11.